The van der Waals surface area contributed by atoms with Crippen molar-refractivity contribution in [1.29, 1.82) is 0 Å². The summed E-state index contributed by atoms with van der Waals surface area (Å²) < 4.78 is 5.76. The molecule has 0 spiro atoms. The largest absolute Gasteiger partial charge is 0.487 e. The second-order valence-electron chi connectivity index (χ2n) is 7.95. The molecule has 1 aliphatic heterocycles. The molecule has 1 N–H and O–H groups in total. The third-order valence-corrected chi connectivity index (χ3v) is 6.53. The van der Waals surface area contributed by atoms with Gasteiger partial charge < -0.3 is 4.74 Å². The minimum absolute atomic E-state index is 0.191. The predicted molar refractivity (Wildman–Crippen MR) is 137 cm³/mol. The van der Waals surface area contributed by atoms with Crippen LogP contribution in [0, 0.1) is 13.8 Å². The molecule has 0 atom stereocenters. The van der Waals surface area contributed by atoms with Crippen molar-refractivity contribution in [3.8, 4) is 5.75 Å². The first-order valence-electron chi connectivity index (χ1n) is 10.5. The zero-order chi connectivity index (χ0) is 25.3. The van der Waals surface area contributed by atoms with Gasteiger partial charge in [-0.05, 0) is 78.6 Å². The van der Waals surface area contributed by atoms with Gasteiger partial charge in [0.05, 0.1) is 20.8 Å². The molecular weight excluding hydrogens is 511 g/mol. The van der Waals surface area contributed by atoms with E-state index in [1.165, 1.54) is 6.08 Å². The van der Waals surface area contributed by atoms with Crippen molar-refractivity contribution < 1.29 is 19.1 Å². The Morgan fingerprint density at radius 1 is 0.857 bits per heavy atom. The summed E-state index contributed by atoms with van der Waals surface area (Å²) in [6, 6.07) is 14.4. The third kappa shape index (κ3) is 5.35. The first-order valence-corrected chi connectivity index (χ1v) is 11.6. The van der Waals surface area contributed by atoms with Crippen LogP contribution >= 0.6 is 34.8 Å². The molecule has 3 aromatic carbocycles. The molecule has 9 heteroatoms. The van der Waals surface area contributed by atoms with Crippen LogP contribution in [-0.4, -0.2) is 17.8 Å². The van der Waals surface area contributed by atoms with Crippen LogP contribution in [0.3, 0.4) is 0 Å². The third-order valence-electron chi connectivity index (χ3n) is 5.50. The van der Waals surface area contributed by atoms with E-state index >= 15 is 0 Å². The highest BCUT2D eigenvalue weighted by atomic mass is 35.5. The van der Waals surface area contributed by atoms with Gasteiger partial charge in [0.15, 0.2) is 0 Å². The molecule has 0 radical (unpaired) electrons. The Kier molecular flexibility index (Phi) is 7.17. The lowest BCUT2D eigenvalue weighted by Gasteiger charge is -2.26. The Balaban J connectivity index is 1.56. The van der Waals surface area contributed by atoms with Crippen molar-refractivity contribution >= 4 is 64.4 Å². The quantitative estimate of drug-likeness (QED) is 0.302. The lowest BCUT2D eigenvalue weighted by atomic mass is 10.0. The van der Waals surface area contributed by atoms with Gasteiger partial charge in [0.1, 0.15) is 17.9 Å². The molecule has 4 amide bonds. The van der Waals surface area contributed by atoms with Gasteiger partial charge in [-0.2, -0.15) is 0 Å². The number of carbonyl (C=O) groups is 3. The molecule has 4 rings (SSSR count). The summed E-state index contributed by atoms with van der Waals surface area (Å²) in [5.41, 5.74) is 3.41. The molecule has 0 bridgehead atoms. The average molecular weight is 530 g/mol. The Labute approximate surface area is 217 Å². The first-order chi connectivity index (χ1) is 16.6. The lowest BCUT2D eigenvalue weighted by molar-refractivity contribution is -0.122. The summed E-state index contributed by atoms with van der Waals surface area (Å²) in [7, 11) is 0. The second-order valence-corrected chi connectivity index (χ2v) is 9.18. The van der Waals surface area contributed by atoms with Crippen molar-refractivity contribution in [2.24, 2.45) is 0 Å². The molecule has 1 fully saturated rings. The van der Waals surface area contributed by atoms with Gasteiger partial charge >= 0.3 is 6.03 Å². The maximum absolute atomic E-state index is 13.1. The predicted octanol–water partition coefficient (Wildman–Crippen LogP) is 6.51. The lowest BCUT2D eigenvalue weighted by Crippen LogP contribution is -2.54. The molecule has 178 valence electrons. The van der Waals surface area contributed by atoms with Crippen LogP contribution in [0.15, 0.2) is 60.2 Å². The molecule has 0 saturated carbocycles. The number of imide groups is 2. The minimum Gasteiger partial charge on any atom is -0.487 e. The van der Waals surface area contributed by atoms with E-state index in [2.05, 4.69) is 5.32 Å². The fourth-order valence-corrected chi connectivity index (χ4v) is 4.00. The van der Waals surface area contributed by atoms with E-state index in [1.54, 1.807) is 48.5 Å². The number of amides is 4. The summed E-state index contributed by atoms with van der Waals surface area (Å²) in [4.78, 5) is 38.9. The van der Waals surface area contributed by atoms with E-state index in [1.807, 2.05) is 19.9 Å². The molecule has 1 aliphatic rings. The van der Waals surface area contributed by atoms with Gasteiger partial charge in [-0.15, -0.1) is 0 Å². The molecule has 1 heterocycles. The van der Waals surface area contributed by atoms with Gasteiger partial charge in [0, 0.05) is 0 Å². The average Bonchev–Trinajstić information content (AvgIpc) is 2.80. The number of barbiturate groups is 1. The summed E-state index contributed by atoms with van der Waals surface area (Å²) in [5, 5.41) is 3.37. The SMILES string of the molecule is Cc1ccc(N2C(=O)NC(=O)/C(=C\c3ccc(OCc4ccc(Cl)c(Cl)c4)c(Cl)c3)C2=O)cc1C. The van der Waals surface area contributed by atoms with Crippen molar-refractivity contribution in [1.82, 2.24) is 5.32 Å². The smallest absolute Gasteiger partial charge is 0.335 e. The minimum atomic E-state index is -0.801. The highest BCUT2D eigenvalue weighted by Crippen LogP contribution is 2.30. The van der Waals surface area contributed by atoms with Crippen LogP contribution in [0.2, 0.25) is 15.1 Å². The molecule has 3 aromatic rings. The molecule has 6 nitrogen and oxygen atoms in total. The van der Waals surface area contributed by atoms with E-state index in [0.29, 0.717) is 27.0 Å². The van der Waals surface area contributed by atoms with Crippen LogP contribution in [0.1, 0.15) is 22.3 Å². The number of rotatable bonds is 5. The Morgan fingerprint density at radius 2 is 1.63 bits per heavy atom. The summed E-state index contributed by atoms with van der Waals surface area (Å²) >= 11 is 18.3. The number of halogens is 3. The van der Waals surface area contributed by atoms with Crippen LogP contribution in [0.5, 0.6) is 5.75 Å². The summed E-state index contributed by atoms with van der Waals surface area (Å²) in [5.74, 6) is -1.10. The zero-order valence-electron chi connectivity index (χ0n) is 18.7. The van der Waals surface area contributed by atoms with E-state index in [0.717, 1.165) is 21.6 Å². The van der Waals surface area contributed by atoms with Crippen molar-refractivity contribution in [3.63, 3.8) is 0 Å². The number of benzene rings is 3. The first kappa shape index (κ1) is 24.8. The highest BCUT2D eigenvalue weighted by molar-refractivity contribution is 6.42. The Morgan fingerprint density at radius 3 is 2.31 bits per heavy atom. The Bertz CT molecular complexity index is 1400. The maximum Gasteiger partial charge on any atom is 0.335 e. The van der Waals surface area contributed by atoms with E-state index < -0.39 is 17.8 Å². The number of urea groups is 1. The topological polar surface area (TPSA) is 75.7 Å². The maximum atomic E-state index is 13.1. The zero-order valence-corrected chi connectivity index (χ0v) is 21.0. The van der Waals surface area contributed by atoms with Gasteiger partial charge in [0.2, 0.25) is 0 Å². The van der Waals surface area contributed by atoms with Gasteiger partial charge in [-0.1, -0.05) is 53.0 Å². The van der Waals surface area contributed by atoms with Crippen LogP contribution in [0.4, 0.5) is 10.5 Å². The number of carbonyl (C=O) groups excluding carboxylic acids is 3. The number of ether oxygens (including phenoxy) is 1. The molecule has 35 heavy (non-hydrogen) atoms. The van der Waals surface area contributed by atoms with Crippen molar-refractivity contribution in [3.05, 3.63) is 97.5 Å². The highest BCUT2D eigenvalue weighted by Gasteiger charge is 2.36. The summed E-state index contributed by atoms with van der Waals surface area (Å²) in [6.45, 7) is 4.01. The van der Waals surface area contributed by atoms with Gasteiger partial charge in [0.25, 0.3) is 11.8 Å². The fraction of sp³-hybridized carbons (Fsp3) is 0.115. The van der Waals surface area contributed by atoms with Gasteiger partial charge in [-0.3, -0.25) is 14.9 Å². The van der Waals surface area contributed by atoms with Crippen LogP contribution in [-0.2, 0) is 16.2 Å². The standard InChI is InChI=1S/C26H19Cl3N2O4/c1-14-3-6-18(9-15(14)2)31-25(33)19(24(32)30-26(31)34)10-16-5-8-23(22(29)11-16)35-13-17-4-7-20(27)21(28)12-17/h3-12H,13H2,1-2H3,(H,30,32,34)/b19-10+. The number of nitrogens with one attached hydrogen (secondary N) is 1. The van der Waals surface area contributed by atoms with Crippen molar-refractivity contribution in [2.75, 3.05) is 4.90 Å². The monoisotopic (exact) mass is 528 g/mol. The molecule has 1 saturated heterocycles. The van der Waals surface area contributed by atoms with Gasteiger partial charge in [-0.25, -0.2) is 9.69 Å². The molecule has 0 aromatic heterocycles. The number of hydrogen-bond acceptors (Lipinski definition) is 4. The number of hydrogen-bond donors (Lipinski definition) is 1. The summed E-state index contributed by atoms with van der Waals surface area (Å²) in [6.07, 6.45) is 1.38. The normalized spacial score (nSPS) is 14.9. The number of nitrogens with zero attached hydrogens (tertiary/aromatic N) is 1. The molecule has 0 aliphatic carbocycles. The number of aryl methyl sites for hydroxylation is 2. The van der Waals surface area contributed by atoms with E-state index in [9.17, 15) is 14.4 Å². The van der Waals surface area contributed by atoms with E-state index in [4.69, 9.17) is 39.5 Å². The van der Waals surface area contributed by atoms with Crippen molar-refractivity contribution in [2.45, 2.75) is 20.5 Å². The number of anilines is 1. The van der Waals surface area contributed by atoms with Crippen LogP contribution in [0.25, 0.3) is 6.08 Å². The fourth-order valence-electron chi connectivity index (χ4n) is 3.44. The second kappa shape index (κ2) is 10.1. The molecular formula is C26H19Cl3N2O4. The molecule has 0 unspecified atom stereocenters. The van der Waals surface area contributed by atoms with E-state index in [-0.39, 0.29) is 17.2 Å². The Hall–Kier alpha value is -3.32. The van der Waals surface area contributed by atoms with Crippen LogP contribution < -0.4 is 15.0 Å².